The van der Waals surface area contributed by atoms with Crippen LogP contribution < -0.4 is 16.6 Å². The zero-order valence-electron chi connectivity index (χ0n) is 9.60. The van der Waals surface area contributed by atoms with Crippen LogP contribution in [0.5, 0.6) is 0 Å². The molecule has 92 valence electrons. The minimum Gasteiger partial charge on any atom is -0.325 e. The van der Waals surface area contributed by atoms with E-state index in [1.807, 2.05) is 42.5 Å². The highest BCUT2D eigenvalue weighted by atomic mass is 35.5. The Bertz CT molecular complexity index is 540. The Balaban J connectivity index is 2.17. The third-order valence-corrected chi connectivity index (χ3v) is 2.46. The van der Waals surface area contributed by atoms with E-state index in [0.29, 0.717) is 11.0 Å². The summed E-state index contributed by atoms with van der Waals surface area (Å²) in [6, 6.07) is 16.8. The summed E-state index contributed by atoms with van der Waals surface area (Å²) in [6.07, 6.45) is 0. The first-order valence-electron chi connectivity index (χ1n) is 5.41. The van der Waals surface area contributed by atoms with Crippen LogP contribution in [0.2, 0.25) is 5.02 Å². The van der Waals surface area contributed by atoms with Gasteiger partial charge >= 0.3 is 0 Å². The molecule has 2 aromatic rings. The number of guanidine groups is 1. The maximum Gasteiger partial charge on any atom is 0.215 e. The number of aliphatic imine (C=N–C) groups is 1. The Morgan fingerprint density at radius 3 is 2.50 bits per heavy atom. The topological polar surface area (TPSA) is 62.4 Å². The molecule has 0 amide bonds. The lowest BCUT2D eigenvalue weighted by Gasteiger charge is -2.09. The van der Waals surface area contributed by atoms with Gasteiger partial charge in [-0.05, 0) is 30.3 Å². The number of nitrogens with two attached hydrogens (primary N) is 1. The van der Waals surface area contributed by atoms with E-state index < -0.39 is 0 Å². The molecule has 4 N–H and O–H groups in total. The van der Waals surface area contributed by atoms with Crippen molar-refractivity contribution in [2.24, 2.45) is 10.8 Å². The number of benzene rings is 2. The summed E-state index contributed by atoms with van der Waals surface area (Å²) in [4.78, 5) is 4.33. The van der Waals surface area contributed by atoms with E-state index in [1.54, 1.807) is 12.1 Å². The molecule has 18 heavy (non-hydrogen) atoms. The largest absolute Gasteiger partial charge is 0.325 e. The second-order valence-corrected chi connectivity index (χ2v) is 4.01. The molecule has 2 rings (SSSR count). The van der Waals surface area contributed by atoms with Crippen molar-refractivity contribution < 1.29 is 0 Å². The first-order chi connectivity index (χ1) is 8.78. The average Bonchev–Trinajstić information content (AvgIpc) is 2.39. The summed E-state index contributed by atoms with van der Waals surface area (Å²) in [5.41, 5.74) is 4.13. The summed E-state index contributed by atoms with van der Waals surface area (Å²) in [6.45, 7) is 0. The highest BCUT2D eigenvalue weighted by Crippen LogP contribution is 2.15. The maximum absolute atomic E-state index is 5.90. The predicted molar refractivity (Wildman–Crippen MR) is 75.9 cm³/mol. The SMILES string of the molecule is NNC(=Nc1ccccc1)Nc1cccc(Cl)c1. The number of hydrogen-bond donors (Lipinski definition) is 3. The number of anilines is 1. The van der Waals surface area contributed by atoms with Crippen molar-refractivity contribution in [3.05, 3.63) is 59.6 Å². The Labute approximate surface area is 110 Å². The van der Waals surface area contributed by atoms with Gasteiger partial charge in [-0.2, -0.15) is 0 Å². The van der Waals surface area contributed by atoms with Gasteiger partial charge in [-0.3, -0.25) is 5.43 Å². The molecule has 0 aliphatic rings. The monoisotopic (exact) mass is 260 g/mol. The van der Waals surface area contributed by atoms with Crippen LogP contribution in [-0.4, -0.2) is 5.96 Å². The third kappa shape index (κ3) is 3.48. The second-order valence-electron chi connectivity index (χ2n) is 3.58. The number of para-hydroxylation sites is 1. The number of hydrazine groups is 1. The highest BCUT2D eigenvalue weighted by molar-refractivity contribution is 6.30. The lowest BCUT2D eigenvalue weighted by atomic mass is 10.3. The van der Waals surface area contributed by atoms with Crippen molar-refractivity contribution in [2.75, 3.05) is 5.32 Å². The van der Waals surface area contributed by atoms with Gasteiger partial charge in [-0.15, -0.1) is 0 Å². The fourth-order valence-electron chi connectivity index (χ4n) is 1.43. The average molecular weight is 261 g/mol. The molecule has 0 atom stereocenters. The zero-order chi connectivity index (χ0) is 12.8. The van der Waals surface area contributed by atoms with Gasteiger partial charge in [0.25, 0.3) is 0 Å². The van der Waals surface area contributed by atoms with Crippen LogP contribution in [0, 0.1) is 0 Å². The Hall–Kier alpha value is -2.04. The lowest BCUT2D eigenvalue weighted by Crippen LogP contribution is -2.35. The molecule has 2 aromatic carbocycles. The molecule has 0 aromatic heterocycles. The summed E-state index contributed by atoms with van der Waals surface area (Å²) in [5, 5.41) is 3.70. The molecule has 0 fully saturated rings. The number of nitrogens with zero attached hydrogens (tertiary/aromatic N) is 1. The second kappa shape index (κ2) is 6.05. The first kappa shape index (κ1) is 12.4. The summed E-state index contributed by atoms with van der Waals surface area (Å²) < 4.78 is 0. The van der Waals surface area contributed by atoms with Gasteiger partial charge in [-0.1, -0.05) is 35.9 Å². The van der Waals surface area contributed by atoms with E-state index >= 15 is 0 Å². The Morgan fingerprint density at radius 1 is 1.06 bits per heavy atom. The maximum atomic E-state index is 5.90. The summed E-state index contributed by atoms with van der Waals surface area (Å²) in [5.74, 6) is 5.88. The van der Waals surface area contributed by atoms with Gasteiger partial charge in [-0.25, -0.2) is 10.8 Å². The van der Waals surface area contributed by atoms with E-state index in [2.05, 4.69) is 15.7 Å². The number of rotatable bonds is 2. The fraction of sp³-hybridized carbons (Fsp3) is 0. The van der Waals surface area contributed by atoms with Crippen LogP contribution in [0.4, 0.5) is 11.4 Å². The molecule has 4 nitrogen and oxygen atoms in total. The molecule has 0 spiro atoms. The van der Waals surface area contributed by atoms with Gasteiger partial charge in [0.1, 0.15) is 0 Å². The molecule has 0 saturated heterocycles. The third-order valence-electron chi connectivity index (χ3n) is 2.22. The summed E-state index contributed by atoms with van der Waals surface area (Å²) in [7, 11) is 0. The molecule has 0 bridgehead atoms. The normalized spacial score (nSPS) is 11.1. The molecular formula is C13H13ClN4. The minimum absolute atomic E-state index is 0.448. The quantitative estimate of drug-likeness (QED) is 0.337. The predicted octanol–water partition coefficient (Wildman–Crippen LogP) is 2.90. The number of halogens is 1. The van der Waals surface area contributed by atoms with E-state index in [0.717, 1.165) is 11.4 Å². The van der Waals surface area contributed by atoms with Crippen molar-refractivity contribution in [3.63, 3.8) is 0 Å². The van der Waals surface area contributed by atoms with Crippen molar-refractivity contribution in [2.45, 2.75) is 0 Å². The smallest absolute Gasteiger partial charge is 0.215 e. The van der Waals surface area contributed by atoms with Crippen molar-refractivity contribution in [1.29, 1.82) is 0 Å². The number of nitrogens with one attached hydrogen (secondary N) is 2. The Kier molecular flexibility index (Phi) is 4.17. The van der Waals surface area contributed by atoms with Crippen molar-refractivity contribution in [1.82, 2.24) is 5.43 Å². The molecule has 0 aliphatic carbocycles. The van der Waals surface area contributed by atoms with E-state index in [4.69, 9.17) is 17.4 Å². The van der Waals surface area contributed by atoms with Crippen LogP contribution in [-0.2, 0) is 0 Å². The highest BCUT2D eigenvalue weighted by Gasteiger charge is 1.99. The van der Waals surface area contributed by atoms with Crippen LogP contribution in [0.15, 0.2) is 59.6 Å². The van der Waals surface area contributed by atoms with Crippen molar-refractivity contribution in [3.8, 4) is 0 Å². The van der Waals surface area contributed by atoms with Gasteiger partial charge < -0.3 is 5.32 Å². The van der Waals surface area contributed by atoms with Gasteiger partial charge in [0.2, 0.25) is 5.96 Å². The van der Waals surface area contributed by atoms with Crippen molar-refractivity contribution >= 4 is 28.9 Å². The zero-order valence-corrected chi connectivity index (χ0v) is 10.4. The van der Waals surface area contributed by atoms with E-state index in [9.17, 15) is 0 Å². The van der Waals surface area contributed by atoms with Crippen LogP contribution >= 0.6 is 11.6 Å². The van der Waals surface area contributed by atoms with E-state index in [-0.39, 0.29) is 0 Å². The minimum atomic E-state index is 0.448. The molecule has 0 radical (unpaired) electrons. The number of hydrogen-bond acceptors (Lipinski definition) is 2. The molecule has 5 heteroatoms. The molecular weight excluding hydrogens is 248 g/mol. The van der Waals surface area contributed by atoms with Crippen LogP contribution in [0.25, 0.3) is 0 Å². The summed E-state index contributed by atoms with van der Waals surface area (Å²) >= 11 is 5.90. The molecule has 0 aliphatic heterocycles. The van der Waals surface area contributed by atoms with Crippen LogP contribution in [0.3, 0.4) is 0 Å². The van der Waals surface area contributed by atoms with E-state index in [1.165, 1.54) is 0 Å². The Morgan fingerprint density at radius 2 is 1.83 bits per heavy atom. The lowest BCUT2D eigenvalue weighted by molar-refractivity contribution is 1.02. The molecule has 0 unspecified atom stereocenters. The van der Waals surface area contributed by atoms with Gasteiger partial charge in [0, 0.05) is 10.7 Å². The fourth-order valence-corrected chi connectivity index (χ4v) is 1.62. The molecule has 0 heterocycles. The van der Waals surface area contributed by atoms with Gasteiger partial charge in [0.05, 0.1) is 5.69 Å². The first-order valence-corrected chi connectivity index (χ1v) is 5.78. The molecule has 0 saturated carbocycles. The van der Waals surface area contributed by atoms with Crippen LogP contribution in [0.1, 0.15) is 0 Å². The van der Waals surface area contributed by atoms with Gasteiger partial charge in [0.15, 0.2) is 0 Å². The standard InChI is InChI=1S/C13H13ClN4/c14-10-5-4-8-12(9-10)17-13(18-15)16-11-6-2-1-3-7-11/h1-9H,15H2,(H2,16,17,18).